The summed E-state index contributed by atoms with van der Waals surface area (Å²) < 4.78 is 11.5. The molecule has 5 nitrogen and oxygen atoms in total. The number of esters is 2. The van der Waals surface area contributed by atoms with Crippen LogP contribution >= 0.6 is 0 Å². The third-order valence-corrected chi connectivity index (χ3v) is 9.65. The zero-order valence-electron chi connectivity index (χ0n) is 31.3. The highest BCUT2D eigenvalue weighted by Crippen LogP contribution is 2.29. The fraction of sp³-hybridized carbons (Fsp3) is 0.950. The second-order valence-corrected chi connectivity index (χ2v) is 15.3. The molecule has 2 atom stereocenters. The van der Waals surface area contributed by atoms with E-state index in [4.69, 9.17) is 9.47 Å². The van der Waals surface area contributed by atoms with E-state index < -0.39 is 10.8 Å². The van der Waals surface area contributed by atoms with Crippen molar-refractivity contribution >= 4 is 11.9 Å². The van der Waals surface area contributed by atoms with E-state index in [1.54, 1.807) is 0 Å². The van der Waals surface area contributed by atoms with Gasteiger partial charge in [-0.1, -0.05) is 136 Å². The van der Waals surface area contributed by atoms with E-state index in [9.17, 15) is 14.7 Å². The molecule has 268 valence electrons. The monoisotopic (exact) mass is 639 g/mol. The molecule has 0 bridgehead atoms. The summed E-state index contributed by atoms with van der Waals surface area (Å²) in [4.78, 5) is 25.5. The minimum Gasteiger partial charge on any atom is -0.465 e. The van der Waals surface area contributed by atoms with E-state index >= 15 is 0 Å². The van der Waals surface area contributed by atoms with Gasteiger partial charge in [0, 0.05) is 0 Å². The molecule has 1 N–H and O–H groups in total. The largest absolute Gasteiger partial charge is 0.465 e. The summed E-state index contributed by atoms with van der Waals surface area (Å²) in [5.74, 6) is 0.321. The van der Waals surface area contributed by atoms with Crippen LogP contribution in [0.4, 0.5) is 0 Å². The average Bonchev–Trinajstić information content (AvgIpc) is 3.00. The molecule has 0 radical (unpaired) electrons. The molecule has 0 heterocycles. The number of hydrogen-bond acceptors (Lipinski definition) is 5. The summed E-state index contributed by atoms with van der Waals surface area (Å²) in [5.41, 5.74) is -0.967. The fourth-order valence-corrected chi connectivity index (χ4v) is 6.08. The first-order chi connectivity index (χ1) is 21.5. The molecule has 0 aromatic rings. The van der Waals surface area contributed by atoms with Crippen LogP contribution in [0.5, 0.6) is 0 Å². The van der Waals surface area contributed by atoms with Gasteiger partial charge in [0.2, 0.25) is 0 Å². The van der Waals surface area contributed by atoms with Gasteiger partial charge in [0.1, 0.15) is 0 Å². The zero-order valence-corrected chi connectivity index (χ0v) is 31.3. The third-order valence-electron chi connectivity index (χ3n) is 9.65. The van der Waals surface area contributed by atoms with Gasteiger partial charge in [-0.3, -0.25) is 9.59 Å². The van der Waals surface area contributed by atoms with Crippen LogP contribution in [-0.2, 0) is 19.1 Å². The maximum atomic E-state index is 13.0. The number of aliphatic hydroxyl groups is 1. The molecule has 0 saturated carbocycles. The summed E-state index contributed by atoms with van der Waals surface area (Å²) in [6.45, 7) is 15.8. The Bertz CT molecular complexity index is 701. The lowest BCUT2D eigenvalue weighted by molar-refractivity contribution is -0.156. The maximum Gasteiger partial charge on any atom is 0.311 e. The van der Waals surface area contributed by atoms with Crippen molar-refractivity contribution in [2.24, 2.45) is 16.7 Å². The minimum atomic E-state index is -0.491. The third kappa shape index (κ3) is 24.7. The lowest BCUT2D eigenvalue weighted by atomic mass is 9.86. The summed E-state index contributed by atoms with van der Waals surface area (Å²) in [6.07, 6.45) is 27.3. The first kappa shape index (κ1) is 43.9. The van der Waals surface area contributed by atoms with Crippen LogP contribution in [0.3, 0.4) is 0 Å². The lowest BCUT2D eigenvalue weighted by Gasteiger charge is -2.25. The van der Waals surface area contributed by atoms with Gasteiger partial charge in [0.05, 0.1) is 30.1 Å². The van der Waals surface area contributed by atoms with Gasteiger partial charge in [0.15, 0.2) is 0 Å². The van der Waals surface area contributed by atoms with Crippen LogP contribution in [0.15, 0.2) is 0 Å². The van der Waals surface area contributed by atoms with Crippen LogP contribution in [0.25, 0.3) is 0 Å². The Morgan fingerprint density at radius 1 is 0.511 bits per heavy atom. The van der Waals surface area contributed by atoms with Crippen LogP contribution < -0.4 is 0 Å². The zero-order chi connectivity index (χ0) is 33.8. The van der Waals surface area contributed by atoms with Crippen molar-refractivity contribution in [1.29, 1.82) is 0 Å². The number of hydrogen-bond donors (Lipinski definition) is 1. The van der Waals surface area contributed by atoms with Gasteiger partial charge in [-0.15, -0.1) is 0 Å². The second-order valence-electron chi connectivity index (χ2n) is 15.3. The first-order valence-electron chi connectivity index (χ1n) is 19.5. The van der Waals surface area contributed by atoms with Crippen LogP contribution in [-0.4, -0.2) is 36.4 Å². The summed E-state index contributed by atoms with van der Waals surface area (Å²) in [7, 11) is 0. The van der Waals surface area contributed by atoms with E-state index in [2.05, 4.69) is 20.8 Å². The number of rotatable bonds is 32. The van der Waals surface area contributed by atoms with Crippen LogP contribution in [0, 0.1) is 16.7 Å². The van der Waals surface area contributed by atoms with Gasteiger partial charge >= 0.3 is 11.9 Å². The lowest BCUT2D eigenvalue weighted by Crippen LogP contribution is -2.28. The van der Waals surface area contributed by atoms with E-state index in [0.29, 0.717) is 19.1 Å². The molecule has 0 rings (SSSR count). The maximum absolute atomic E-state index is 13.0. The van der Waals surface area contributed by atoms with Crippen molar-refractivity contribution in [3.8, 4) is 0 Å². The Morgan fingerprint density at radius 3 is 1.40 bits per heavy atom. The molecule has 0 aliphatic rings. The summed E-state index contributed by atoms with van der Waals surface area (Å²) >= 11 is 0. The standard InChI is InChI=1S/C40H78O5/c1-8-11-14-16-17-19-26-33-44-37(42)39(4,5)31-24-22-29-36(41)30-23-25-32-40(6,7)38(43)45-34-35(27-20-13-10-3)28-21-18-15-12-9-2/h35-36,41H,8-34H2,1-7H3. The highest BCUT2D eigenvalue weighted by atomic mass is 16.5. The van der Waals surface area contributed by atoms with Crippen LogP contribution in [0.1, 0.15) is 209 Å². The summed E-state index contributed by atoms with van der Waals surface area (Å²) in [6, 6.07) is 0. The van der Waals surface area contributed by atoms with Gasteiger partial charge in [0.25, 0.3) is 0 Å². The van der Waals surface area contributed by atoms with E-state index in [0.717, 1.165) is 70.6 Å². The molecule has 0 fully saturated rings. The van der Waals surface area contributed by atoms with Crippen molar-refractivity contribution < 1.29 is 24.2 Å². The molecular weight excluding hydrogens is 560 g/mol. The molecular formula is C40H78O5. The summed E-state index contributed by atoms with van der Waals surface area (Å²) in [5, 5.41) is 10.5. The topological polar surface area (TPSA) is 72.8 Å². The molecule has 0 aliphatic carbocycles. The Labute approximate surface area is 280 Å². The second kappa shape index (κ2) is 28.0. The van der Waals surface area contributed by atoms with E-state index in [1.807, 2.05) is 27.7 Å². The minimum absolute atomic E-state index is 0.0712. The highest BCUT2D eigenvalue weighted by molar-refractivity contribution is 5.76. The molecule has 2 unspecified atom stereocenters. The van der Waals surface area contributed by atoms with Crippen molar-refractivity contribution in [2.75, 3.05) is 13.2 Å². The molecule has 0 saturated heterocycles. The van der Waals surface area contributed by atoms with Gasteiger partial charge in [-0.2, -0.15) is 0 Å². The molecule has 0 spiro atoms. The first-order valence-corrected chi connectivity index (χ1v) is 19.5. The van der Waals surface area contributed by atoms with Crippen molar-refractivity contribution in [1.82, 2.24) is 0 Å². The van der Waals surface area contributed by atoms with Crippen LogP contribution in [0.2, 0.25) is 0 Å². The fourth-order valence-electron chi connectivity index (χ4n) is 6.08. The van der Waals surface area contributed by atoms with E-state index in [1.165, 1.54) is 89.9 Å². The Hall–Kier alpha value is -1.10. The van der Waals surface area contributed by atoms with Crippen molar-refractivity contribution in [3.05, 3.63) is 0 Å². The van der Waals surface area contributed by atoms with E-state index in [-0.39, 0.29) is 18.0 Å². The number of aliphatic hydroxyl groups excluding tert-OH is 1. The Morgan fingerprint density at radius 2 is 0.889 bits per heavy atom. The molecule has 45 heavy (non-hydrogen) atoms. The average molecular weight is 639 g/mol. The quantitative estimate of drug-likeness (QED) is 0.0586. The van der Waals surface area contributed by atoms with Gasteiger partial charge in [-0.05, 0) is 78.6 Å². The molecule has 0 aromatic heterocycles. The number of carbonyl (C=O) groups is 2. The highest BCUT2D eigenvalue weighted by Gasteiger charge is 2.30. The molecule has 0 aromatic carbocycles. The number of ether oxygens (including phenoxy) is 2. The normalized spacial score (nSPS) is 13.5. The molecule has 5 heteroatoms. The Balaban J connectivity index is 4.17. The number of carbonyl (C=O) groups excluding carboxylic acids is 2. The van der Waals surface area contributed by atoms with Crippen molar-refractivity contribution in [3.63, 3.8) is 0 Å². The predicted octanol–water partition coefficient (Wildman–Crippen LogP) is 11.9. The smallest absolute Gasteiger partial charge is 0.311 e. The van der Waals surface area contributed by atoms with Crippen molar-refractivity contribution in [2.45, 2.75) is 215 Å². The SMILES string of the molecule is CCCCCCCCCOC(=O)C(C)(C)CCCCC(O)CCCCC(C)(C)C(=O)OCC(CCCCC)CCCCCCC. The Kier molecular flexibility index (Phi) is 27.3. The van der Waals surface area contributed by atoms with Gasteiger partial charge in [-0.25, -0.2) is 0 Å². The predicted molar refractivity (Wildman–Crippen MR) is 191 cm³/mol. The molecule has 0 amide bonds. The van der Waals surface area contributed by atoms with Gasteiger partial charge < -0.3 is 14.6 Å². The molecule has 0 aliphatic heterocycles. The number of unbranched alkanes of at least 4 members (excludes halogenated alkanes) is 14.